The minimum Gasteiger partial charge on any atom is -0.443 e. The first kappa shape index (κ1) is 17.7. The van der Waals surface area contributed by atoms with E-state index in [4.69, 9.17) is 4.74 Å². The standard InChI is InChI=1S/C21H20N2O3/c1-14-10-11-17-16(12-14)21(13-22,15-8-6-5-7-9-15)18(24)23(17)19(25)26-20(2,3)4/h5-12H,1-4H3/t21-/m1/s1. The summed E-state index contributed by atoms with van der Waals surface area (Å²) in [5, 5.41) is 10.1. The fraction of sp³-hybridized carbons (Fsp3) is 0.286. The number of carbonyl (C=O) groups excluding carboxylic acids is 2. The Balaban J connectivity index is 2.24. The molecule has 2 aromatic rings. The highest BCUT2D eigenvalue weighted by atomic mass is 16.6. The summed E-state index contributed by atoms with van der Waals surface area (Å²) < 4.78 is 5.41. The van der Waals surface area contributed by atoms with Crippen LogP contribution in [0.2, 0.25) is 0 Å². The summed E-state index contributed by atoms with van der Waals surface area (Å²) in [5.74, 6) is -0.610. The zero-order valence-corrected chi connectivity index (χ0v) is 15.2. The third-order valence-corrected chi connectivity index (χ3v) is 4.27. The highest BCUT2D eigenvalue weighted by Crippen LogP contribution is 2.46. The van der Waals surface area contributed by atoms with Crippen molar-refractivity contribution >= 4 is 17.7 Å². The summed E-state index contributed by atoms with van der Waals surface area (Å²) in [6.07, 6.45) is -0.777. The van der Waals surface area contributed by atoms with Crippen LogP contribution in [0.1, 0.15) is 37.5 Å². The van der Waals surface area contributed by atoms with Crippen molar-refractivity contribution in [2.75, 3.05) is 4.90 Å². The van der Waals surface area contributed by atoms with E-state index in [0.29, 0.717) is 16.8 Å². The number of ether oxygens (including phenoxy) is 1. The minimum absolute atomic E-state index is 0.389. The van der Waals surface area contributed by atoms with E-state index in [2.05, 4.69) is 6.07 Å². The van der Waals surface area contributed by atoms with E-state index in [-0.39, 0.29) is 0 Å². The van der Waals surface area contributed by atoms with Gasteiger partial charge in [-0.25, -0.2) is 9.69 Å². The largest absolute Gasteiger partial charge is 0.443 e. The van der Waals surface area contributed by atoms with Crippen LogP contribution in [-0.4, -0.2) is 17.6 Å². The van der Waals surface area contributed by atoms with Gasteiger partial charge >= 0.3 is 6.09 Å². The lowest BCUT2D eigenvalue weighted by atomic mass is 9.76. The average Bonchev–Trinajstić information content (AvgIpc) is 2.82. The summed E-state index contributed by atoms with van der Waals surface area (Å²) in [7, 11) is 0. The average molecular weight is 348 g/mol. The Labute approximate surface area is 152 Å². The topological polar surface area (TPSA) is 70.4 Å². The molecule has 0 aliphatic carbocycles. The first-order chi connectivity index (χ1) is 12.2. The zero-order valence-electron chi connectivity index (χ0n) is 15.2. The molecule has 132 valence electrons. The number of anilines is 1. The smallest absolute Gasteiger partial charge is 0.421 e. The monoisotopic (exact) mass is 348 g/mol. The van der Waals surface area contributed by atoms with Gasteiger partial charge in [0, 0.05) is 5.56 Å². The maximum Gasteiger partial charge on any atom is 0.421 e. The maximum absolute atomic E-state index is 13.4. The van der Waals surface area contributed by atoms with Crippen LogP contribution in [-0.2, 0) is 14.9 Å². The normalized spacial score (nSPS) is 19.0. The molecule has 2 aromatic carbocycles. The first-order valence-electron chi connectivity index (χ1n) is 8.36. The van der Waals surface area contributed by atoms with Gasteiger partial charge in [0.25, 0.3) is 5.91 Å². The van der Waals surface area contributed by atoms with Crippen molar-refractivity contribution in [3.8, 4) is 6.07 Å². The van der Waals surface area contributed by atoms with Gasteiger partial charge in [-0.2, -0.15) is 5.26 Å². The molecule has 0 radical (unpaired) electrons. The van der Waals surface area contributed by atoms with E-state index in [1.165, 1.54) is 0 Å². The van der Waals surface area contributed by atoms with Crippen molar-refractivity contribution < 1.29 is 14.3 Å². The highest BCUT2D eigenvalue weighted by Gasteiger charge is 2.55. The Bertz CT molecular complexity index is 923. The third-order valence-electron chi connectivity index (χ3n) is 4.27. The number of imide groups is 1. The van der Waals surface area contributed by atoms with Crippen LogP contribution in [0.15, 0.2) is 48.5 Å². The second-order valence-electron chi connectivity index (χ2n) is 7.37. The van der Waals surface area contributed by atoms with Gasteiger partial charge in [-0.15, -0.1) is 0 Å². The molecule has 1 atom stereocenters. The molecule has 1 aliphatic rings. The van der Waals surface area contributed by atoms with Gasteiger partial charge in [-0.1, -0.05) is 48.0 Å². The molecule has 26 heavy (non-hydrogen) atoms. The Morgan fingerprint density at radius 1 is 1.15 bits per heavy atom. The van der Waals surface area contributed by atoms with Gasteiger partial charge in [0.05, 0.1) is 11.8 Å². The van der Waals surface area contributed by atoms with Gasteiger partial charge in [-0.3, -0.25) is 4.79 Å². The van der Waals surface area contributed by atoms with E-state index in [9.17, 15) is 14.9 Å². The van der Waals surface area contributed by atoms with Crippen LogP contribution in [0.5, 0.6) is 0 Å². The molecule has 0 aromatic heterocycles. The molecular weight excluding hydrogens is 328 g/mol. The number of amides is 2. The molecule has 5 nitrogen and oxygen atoms in total. The van der Waals surface area contributed by atoms with Crippen LogP contribution in [0.4, 0.5) is 10.5 Å². The van der Waals surface area contributed by atoms with Gasteiger partial charge < -0.3 is 4.74 Å². The summed E-state index contributed by atoms with van der Waals surface area (Å²) in [5.41, 5.74) is -0.00213. The van der Waals surface area contributed by atoms with E-state index in [0.717, 1.165) is 10.5 Å². The second-order valence-corrected chi connectivity index (χ2v) is 7.37. The van der Waals surface area contributed by atoms with Crippen LogP contribution in [0, 0.1) is 18.3 Å². The van der Waals surface area contributed by atoms with Gasteiger partial charge in [0.2, 0.25) is 0 Å². The SMILES string of the molecule is Cc1ccc2c(c1)[C@@](C#N)(c1ccccc1)C(=O)N2C(=O)OC(C)(C)C. The van der Waals surface area contributed by atoms with E-state index >= 15 is 0 Å². The number of nitriles is 1. The van der Waals surface area contributed by atoms with Crippen LogP contribution in [0.25, 0.3) is 0 Å². The number of fused-ring (bicyclic) bond motifs is 1. The number of hydrogen-bond acceptors (Lipinski definition) is 4. The van der Waals surface area contributed by atoms with Crippen molar-refractivity contribution in [2.24, 2.45) is 0 Å². The molecule has 0 unspecified atom stereocenters. The molecule has 1 aliphatic heterocycles. The fourth-order valence-corrected chi connectivity index (χ4v) is 3.17. The molecule has 0 saturated carbocycles. The summed E-state index contributed by atoms with van der Waals surface area (Å²) >= 11 is 0. The number of aryl methyl sites for hydroxylation is 1. The first-order valence-corrected chi connectivity index (χ1v) is 8.36. The van der Waals surface area contributed by atoms with Crippen molar-refractivity contribution in [3.63, 3.8) is 0 Å². The van der Waals surface area contributed by atoms with Crippen molar-refractivity contribution in [1.29, 1.82) is 5.26 Å². The lowest BCUT2D eigenvalue weighted by molar-refractivity contribution is -0.120. The Kier molecular flexibility index (Phi) is 4.08. The van der Waals surface area contributed by atoms with Crippen LogP contribution in [0.3, 0.4) is 0 Å². The molecule has 3 rings (SSSR count). The zero-order chi connectivity index (χ0) is 19.1. The van der Waals surface area contributed by atoms with E-state index < -0.39 is 23.0 Å². The summed E-state index contributed by atoms with van der Waals surface area (Å²) in [6, 6.07) is 16.3. The third kappa shape index (κ3) is 2.64. The molecule has 2 amide bonds. The Morgan fingerprint density at radius 2 is 1.81 bits per heavy atom. The molecular formula is C21H20N2O3. The number of benzene rings is 2. The molecule has 0 saturated heterocycles. The fourth-order valence-electron chi connectivity index (χ4n) is 3.17. The quantitative estimate of drug-likeness (QED) is 0.778. The summed E-state index contributed by atoms with van der Waals surface area (Å²) in [6.45, 7) is 7.08. The number of nitrogens with zero attached hydrogens (tertiary/aromatic N) is 2. The van der Waals surface area contributed by atoms with Crippen molar-refractivity contribution in [2.45, 2.75) is 38.7 Å². The molecule has 0 fully saturated rings. The lowest BCUT2D eigenvalue weighted by Crippen LogP contribution is -2.45. The number of rotatable bonds is 1. The lowest BCUT2D eigenvalue weighted by Gasteiger charge is -2.25. The van der Waals surface area contributed by atoms with Crippen LogP contribution >= 0.6 is 0 Å². The Hall–Kier alpha value is -3.13. The Morgan fingerprint density at radius 3 is 2.38 bits per heavy atom. The molecule has 5 heteroatoms. The van der Waals surface area contributed by atoms with E-state index in [1.807, 2.05) is 19.1 Å². The van der Waals surface area contributed by atoms with Crippen LogP contribution < -0.4 is 4.90 Å². The highest BCUT2D eigenvalue weighted by molar-refractivity contribution is 6.23. The predicted octanol–water partition coefficient (Wildman–Crippen LogP) is 4.09. The molecule has 0 spiro atoms. The van der Waals surface area contributed by atoms with Gasteiger partial charge in [0.1, 0.15) is 5.60 Å². The van der Waals surface area contributed by atoms with Gasteiger partial charge in [-0.05, 0) is 39.3 Å². The second kappa shape index (κ2) is 5.99. The molecule has 0 bridgehead atoms. The van der Waals surface area contributed by atoms with Gasteiger partial charge in [0.15, 0.2) is 5.41 Å². The van der Waals surface area contributed by atoms with Crippen molar-refractivity contribution in [1.82, 2.24) is 0 Å². The predicted molar refractivity (Wildman–Crippen MR) is 97.7 cm³/mol. The van der Waals surface area contributed by atoms with E-state index in [1.54, 1.807) is 57.2 Å². The maximum atomic E-state index is 13.4. The number of carbonyl (C=O) groups is 2. The van der Waals surface area contributed by atoms with Crippen molar-refractivity contribution in [3.05, 3.63) is 65.2 Å². The number of hydrogen-bond donors (Lipinski definition) is 0. The molecule has 0 N–H and O–H groups in total. The summed E-state index contributed by atoms with van der Waals surface area (Å²) in [4.78, 5) is 27.1. The molecule has 1 heterocycles. The minimum atomic E-state index is -1.57.